The summed E-state index contributed by atoms with van der Waals surface area (Å²) in [5.74, 6) is -0.665. The van der Waals surface area contributed by atoms with E-state index in [1.807, 2.05) is 6.07 Å². The van der Waals surface area contributed by atoms with Crippen molar-refractivity contribution >= 4 is 10.0 Å². The molecular formula is C14H14FNO3S. The van der Waals surface area contributed by atoms with Crippen LogP contribution in [0.1, 0.15) is 11.1 Å². The third-order valence-corrected chi connectivity index (χ3v) is 4.28. The molecule has 6 heteroatoms. The van der Waals surface area contributed by atoms with Gasteiger partial charge in [-0.15, -0.1) is 0 Å². The molecule has 0 aliphatic rings. The van der Waals surface area contributed by atoms with Gasteiger partial charge in [0.2, 0.25) is 10.0 Å². The predicted octanol–water partition coefficient (Wildman–Crippen LogP) is 1.80. The number of nitrogens with one attached hydrogen (secondary N) is 1. The van der Waals surface area contributed by atoms with Gasteiger partial charge in [0, 0.05) is 6.54 Å². The molecule has 2 aromatic carbocycles. The molecular weight excluding hydrogens is 281 g/mol. The Bertz CT molecular complexity index is 687. The normalized spacial score (nSPS) is 11.5. The van der Waals surface area contributed by atoms with E-state index >= 15 is 0 Å². The molecule has 0 saturated heterocycles. The van der Waals surface area contributed by atoms with E-state index in [-0.39, 0.29) is 17.0 Å². The molecule has 0 aromatic heterocycles. The molecule has 0 atom stereocenters. The fraction of sp³-hybridized carbons (Fsp3) is 0.143. The molecule has 0 bridgehead atoms. The van der Waals surface area contributed by atoms with Gasteiger partial charge >= 0.3 is 0 Å². The number of hydrogen-bond donors (Lipinski definition) is 2. The van der Waals surface area contributed by atoms with Crippen LogP contribution in [-0.2, 0) is 23.2 Å². The fourth-order valence-corrected chi connectivity index (χ4v) is 3.02. The quantitative estimate of drug-likeness (QED) is 0.884. The molecule has 0 aliphatic carbocycles. The molecule has 20 heavy (non-hydrogen) atoms. The van der Waals surface area contributed by atoms with Gasteiger partial charge in [0.25, 0.3) is 0 Å². The highest BCUT2D eigenvalue weighted by Gasteiger charge is 2.18. The van der Waals surface area contributed by atoms with Crippen LogP contribution in [0.3, 0.4) is 0 Å². The summed E-state index contributed by atoms with van der Waals surface area (Å²) in [6, 6.07) is 12.2. The highest BCUT2D eigenvalue weighted by atomic mass is 32.2. The standard InChI is InChI=1S/C14H14FNO3S/c15-13-7-6-12(10-17)14(8-13)20(18,19)16-9-11-4-2-1-3-5-11/h1-8,16-17H,9-10H2. The first-order valence-corrected chi connectivity index (χ1v) is 7.44. The van der Waals surface area contributed by atoms with Gasteiger partial charge in [-0.05, 0) is 23.3 Å². The molecule has 4 nitrogen and oxygen atoms in total. The zero-order valence-corrected chi connectivity index (χ0v) is 11.4. The largest absolute Gasteiger partial charge is 0.392 e. The number of aliphatic hydroxyl groups is 1. The van der Waals surface area contributed by atoms with Crippen LogP contribution in [-0.4, -0.2) is 13.5 Å². The van der Waals surface area contributed by atoms with Gasteiger partial charge in [-0.1, -0.05) is 36.4 Å². The Morgan fingerprint density at radius 1 is 1.10 bits per heavy atom. The summed E-state index contributed by atoms with van der Waals surface area (Å²) in [4.78, 5) is -0.240. The Balaban J connectivity index is 2.24. The summed E-state index contributed by atoms with van der Waals surface area (Å²) < 4.78 is 39.9. The maximum absolute atomic E-state index is 13.2. The number of rotatable bonds is 5. The molecule has 0 spiro atoms. The summed E-state index contributed by atoms with van der Waals surface area (Å²) in [6.45, 7) is -0.369. The van der Waals surface area contributed by atoms with Gasteiger partial charge in [-0.25, -0.2) is 17.5 Å². The molecule has 2 N–H and O–H groups in total. The summed E-state index contributed by atoms with van der Waals surface area (Å²) >= 11 is 0. The van der Waals surface area contributed by atoms with Gasteiger partial charge in [0.05, 0.1) is 11.5 Å². The van der Waals surface area contributed by atoms with E-state index < -0.39 is 22.4 Å². The van der Waals surface area contributed by atoms with Crippen LogP contribution in [0.25, 0.3) is 0 Å². The third kappa shape index (κ3) is 3.41. The number of hydrogen-bond acceptors (Lipinski definition) is 3. The molecule has 2 aromatic rings. The highest BCUT2D eigenvalue weighted by molar-refractivity contribution is 7.89. The number of halogens is 1. The maximum Gasteiger partial charge on any atom is 0.241 e. The van der Waals surface area contributed by atoms with Crippen LogP contribution in [0.5, 0.6) is 0 Å². The van der Waals surface area contributed by atoms with Crippen LogP contribution < -0.4 is 4.72 Å². The molecule has 0 unspecified atom stereocenters. The van der Waals surface area contributed by atoms with Crippen LogP contribution >= 0.6 is 0 Å². The maximum atomic E-state index is 13.2. The van der Waals surface area contributed by atoms with Gasteiger partial charge in [0.1, 0.15) is 5.82 Å². The fourth-order valence-electron chi connectivity index (χ4n) is 1.76. The smallest absolute Gasteiger partial charge is 0.241 e. The van der Waals surface area contributed by atoms with Gasteiger partial charge in [-0.2, -0.15) is 0 Å². The third-order valence-electron chi connectivity index (χ3n) is 2.80. The first-order valence-electron chi connectivity index (χ1n) is 5.96. The van der Waals surface area contributed by atoms with Crippen molar-refractivity contribution in [1.82, 2.24) is 4.72 Å². The SMILES string of the molecule is O=S(=O)(NCc1ccccc1)c1cc(F)ccc1CO. The van der Waals surface area contributed by atoms with E-state index in [4.69, 9.17) is 5.11 Å². The van der Waals surface area contributed by atoms with Gasteiger partial charge < -0.3 is 5.11 Å². The second-order valence-corrected chi connectivity index (χ2v) is 5.96. The molecule has 106 valence electrons. The molecule has 0 saturated carbocycles. The van der Waals surface area contributed by atoms with Crippen molar-refractivity contribution in [2.45, 2.75) is 18.0 Å². The monoisotopic (exact) mass is 295 g/mol. The highest BCUT2D eigenvalue weighted by Crippen LogP contribution is 2.17. The second kappa shape index (κ2) is 6.13. The lowest BCUT2D eigenvalue weighted by atomic mass is 10.2. The average molecular weight is 295 g/mol. The Morgan fingerprint density at radius 3 is 2.45 bits per heavy atom. The van der Waals surface area contributed by atoms with E-state index in [2.05, 4.69) is 4.72 Å². The van der Waals surface area contributed by atoms with Gasteiger partial charge in [-0.3, -0.25) is 0 Å². The summed E-state index contributed by atoms with van der Waals surface area (Å²) in [5, 5.41) is 9.14. The Morgan fingerprint density at radius 2 is 1.80 bits per heavy atom. The minimum absolute atomic E-state index is 0.102. The van der Waals surface area contributed by atoms with E-state index in [0.717, 1.165) is 17.7 Å². The molecule has 0 aliphatic heterocycles. The zero-order chi connectivity index (χ0) is 14.6. The minimum atomic E-state index is -3.87. The van der Waals surface area contributed by atoms with Crippen molar-refractivity contribution in [2.24, 2.45) is 0 Å². The van der Waals surface area contributed by atoms with E-state index in [1.165, 1.54) is 6.07 Å². The van der Waals surface area contributed by atoms with E-state index in [1.54, 1.807) is 24.3 Å². The van der Waals surface area contributed by atoms with Crippen molar-refractivity contribution in [1.29, 1.82) is 0 Å². The topological polar surface area (TPSA) is 66.4 Å². The average Bonchev–Trinajstić information content (AvgIpc) is 2.46. The van der Waals surface area contributed by atoms with Crippen LogP contribution in [0.2, 0.25) is 0 Å². The lowest BCUT2D eigenvalue weighted by Crippen LogP contribution is -2.24. The molecule has 0 radical (unpaired) electrons. The lowest BCUT2D eigenvalue weighted by Gasteiger charge is -2.10. The van der Waals surface area contributed by atoms with E-state index in [9.17, 15) is 12.8 Å². The Hall–Kier alpha value is -1.76. The molecule has 0 fully saturated rings. The van der Waals surface area contributed by atoms with Gasteiger partial charge in [0.15, 0.2) is 0 Å². The second-order valence-electron chi connectivity index (χ2n) is 4.22. The Labute approximate surface area is 116 Å². The molecule has 2 rings (SSSR count). The van der Waals surface area contributed by atoms with Crippen molar-refractivity contribution < 1.29 is 17.9 Å². The van der Waals surface area contributed by atoms with Crippen LogP contribution in [0, 0.1) is 5.82 Å². The predicted molar refractivity (Wildman–Crippen MR) is 72.8 cm³/mol. The summed E-state index contributed by atoms with van der Waals surface area (Å²) in [5.41, 5.74) is 0.949. The lowest BCUT2D eigenvalue weighted by molar-refractivity contribution is 0.278. The summed E-state index contributed by atoms with van der Waals surface area (Å²) in [7, 11) is -3.87. The molecule has 0 heterocycles. The number of sulfonamides is 1. The van der Waals surface area contributed by atoms with Crippen molar-refractivity contribution in [3.63, 3.8) is 0 Å². The Kier molecular flexibility index (Phi) is 4.49. The number of aliphatic hydroxyl groups excluding tert-OH is 1. The van der Waals surface area contributed by atoms with Crippen LogP contribution in [0.15, 0.2) is 53.4 Å². The molecule has 0 amide bonds. The van der Waals surface area contributed by atoms with Crippen molar-refractivity contribution in [3.8, 4) is 0 Å². The number of benzene rings is 2. The van der Waals surface area contributed by atoms with Crippen molar-refractivity contribution in [3.05, 3.63) is 65.5 Å². The van der Waals surface area contributed by atoms with Crippen molar-refractivity contribution in [2.75, 3.05) is 0 Å². The first kappa shape index (κ1) is 14.6. The first-order chi connectivity index (χ1) is 9.53. The van der Waals surface area contributed by atoms with E-state index in [0.29, 0.717) is 0 Å². The minimum Gasteiger partial charge on any atom is -0.392 e. The zero-order valence-electron chi connectivity index (χ0n) is 10.6. The summed E-state index contributed by atoms with van der Waals surface area (Å²) in [6.07, 6.45) is 0. The van der Waals surface area contributed by atoms with Crippen LogP contribution in [0.4, 0.5) is 4.39 Å².